The van der Waals surface area contributed by atoms with Crippen molar-refractivity contribution < 1.29 is 28.9 Å². The molecule has 1 heterocycles. The number of ether oxygens (including phenoxy) is 3. The number of carboxylic acids is 1. The summed E-state index contributed by atoms with van der Waals surface area (Å²) in [6.45, 7) is 0. The number of hydrogen-bond acceptors (Lipinski definition) is 5. The van der Waals surface area contributed by atoms with Crippen LogP contribution in [-0.4, -0.2) is 55.3 Å². The van der Waals surface area contributed by atoms with Crippen LogP contribution in [-0.2, 0) is 9.59 Å². The van der Waals surface area contributed by atoms with Gasteiger partial charge in [0.05, 0.1) is 21.3 Å². The van der Waals surface area contributed by atoms with Crippen molar-refractivity contribution in [2.24, 2.45) is 5.92 Å². The number of hydrogen-bond donors (Lipinski definition) is 1. The number of carboxylic acid groups (broad SMARTS) is 1. The third-order valence-corrected chi connectivity index (χ3v) is 5.48. The summed E-state index contributed by atoms with van der Waals surface area (Å²) in [7, 11) is 4.58. The Morgan fingerprint density at radius 2 is 1.78 bits per heavy atom. The Balaban J connectivity index is 1.84. The molecule has 1 aliphatic carbocycles. The third-order valence-electron chi connectivity index (χ3n) is 5.48. The van der Waals surface area contributed by atoms with E-state index in [4.69, 9.17) is 14.2 Å². The zero-order valence-corrected chi connectivity index (χ0v) is 15.8. The summed E-state index contributed by atoms with van der Waals surface area (Å²) in [5.74, 6) is 0.547. The Bertz CT molecular complexity index is 734. The van der Waals surface area contributed by atoms with E-state index >= 15 is 0 Å². The Kier molecular flexibility index (Phi) is 5.58. The molecule has 0 bridgehead atoms. The van der Waals surface area contributed by atoms with Crippen molar-refractivity contribution in [3.05, 3.63) is 23.8 Å². The van der Waals surface area contributed by atoms with E-state index in [0.717, 1.165) is 19.3 Å². The van der Waals surface area contributed by atoms with Gasteiger partial charge in [-0.3, -0.25) is 4.79 Å². The highest BCUT2D eigenvalue weighted by atomic mass is 16.5. The Labute approximate surface area is 158 Å². The van der Waals surface area contributed by atoms with Gasteiger partial charge in [-0.1, -0.05) is 6.42 Å². The maximum absolute atomic E-state index is 12.8. The second-order valence-electron chi connectivity index (χ2n) is 6.89. The maximum atomic E-state index is 12.8. The molecule has 1 aromatic carbocycles. The van der Waals surface area contributed by atoms with Crippen molar-refractivity contribution in [3.63, 3.8) is 0 Å². The van der Waals surface area contributed by atoms with Crippen LogP contribution in [0.25, 0.3) is 6.08 Å². The van der Waals surface area contributed by atoms with Gasteiger partial charge in [0.25, 0.3) is 0 Å². The number of aliphatic carboxylic acids is 1. The summed E-state index contributed by atoms with van der Waals surface area (Å²) in [6, 6.07) is 2.77. The van der Waals surface area contributed by atoms with E-state index in [9.17, 15) is 14.7 Å². The minimum atomic E-state index is -0.932. The van der Waals surface area contributed by atoms with Crippen molar-refractivity contribution in [2.45, 2.75) is 37.8 Å². The fraction of sp³-hybridized carbons (Fsp3) is 0.500. The highest BCUT2D eigenvalue weighted by Crippen LogP contribution is 2.42. The lowest BCUT2D eigenvalue weighted by Crippen LogP contribution is -2.44. The van der Waals surface area contributed by atoms with Gasteiger partial charge in [-0.2, -0.15) is 0 Å². The van der Waals surface area contributed by atoms with Crippen LogP contribution in [0, 0.1) is 5.92 Å². The second kappa shape index (κ2) is 7.90. The first-order chi connectivity index (χ1) is 13.0. The van der Waals surface area contributed by atoms with Crippen LogP contribution in [0.4, 0.5) is 0 Å². The molecule has 1 aliphatic heterocycles. The lowest BCUT2D eigenvalue weighted by molar-refractivity contribution is -0.147. The molecule has 0 unspecified atom stereocenters. The maximum Gasteiger partial charge on any atom is 0.326 e. The number of rotatable bonds is 6. The van der Waals surface area contributed by atoms with Gasteiger partial charge in [0.15, 0.2) is 11.5 Å². The molecular formula is C20H25NO6. The smallest absolute Gasteiger partial charge is 0.326 e. The molecule has 2 fully saturated rings. The molecule has 1 N–H and O–H groups in total. The topological polar surface area (TPSA) is 85.3 Å². The van der Waals surface area contributed by atoms with Gasteiger partial charge in [-0.25, -0.2) is 4.79 Å². The minimum Gasteiger partial charge on any atom is -0.493 e. The fourth-order valence-corrected chi connectivity index (χ4v) is 4.28. The van der Waals surface area contributed by atoms with Crippen LogP contribution in [0.2, 0.25) is 0 Å². The molecule has 7 heteroatoms. The van der Waals surface area contributed by atoms with Gasteiger partial charge in [-0.15, -0.1) is 0 Å². The van der Waals surface area contributed by atoms with Gasteiger partial charge >= 0.3 is 5.97 Å². The molecule has 2 aliphatic rings. The van der Waals surface area contributed by atoms with Gasteiger partial charge in [-0.05, 0) is 49.0 Å². The second-order valence-corrected chi connectivity index (χ2v) is 6.89. The highest BCUT2D eigenvalue weighted by molar-refractivity contribution is 5.95. The number of benzene rings is 1. The molecular weight excluding hydrogens is 350 g/mol. The molecule has 7 nitrogen and oxygen atoms in total. The standard InChI is InChI=1S/C20H25NO6/c1-25-16-9-12(10-17(26-2)19(16)27-3)7-8-18(22)21-14-6-4-5-13(14)11-15(21)20(23)24/h7-10,13-15H,4-6,11H2,1-3H3,(H,23,24)/b8-7+/t13-,14-,15-/m0/s1. The van der Waals surface area contributed by atoms with Crippen LogP contribution < -0.4 is 14.2 Å². The van der Waals surface area contributed by atoms with Crippen LogP contribution in [0.15, 0.2) is 18.2 Å². The van der Waals surface area contributed by atoms with Crippen molar-refractivity contribution >= 4 is 18.0 Å². The van der Waals surface area contributed by atoms with Crippen molar-refractivity contribution in [2.75, 3.05) is 21.3 Å². The number of nitrogens with zero attached hydrogens (tertiary/aromatic N) is 1. The summed E-state index contributed by atoms with van der Waals surface area (Å²) in [5.41, 5.74) is 0.701. The van der Waals surface area contributed by atoms with E-state index in [-0.39, 0.29) is 11.9 Å². The number of carbonyl (C=O) groups excluding carboxylic acids is 1. The Morgan fingerprint density at radius 1 is 1.11 bits per heavy atom. The molecule has 1 saturated heterocycles. The molecule has 1 saturated carbocycles. The van der Waals surface area contributed by atoms with E-state index < -0.39 is 12.0 Å². The zero-order valence-electron chi connectivity index (χ0n) is 15.8. The molecule has 0 aromatic heterocycles. The van der Waals surface area contributed by atoms with Crippen LogP contribution in [0.3, 0.4) is 0 Å². The van der Waals surface area contributed by atoms with E-state index in [1.807, 2.05) is 0 Å². The van der Waals surface area contributed by atoms with E-state index in [2.05, 4.69) is 0 Å². The van der Waals surface area contributed by atoms with Crippen LogP contribution >= 0.6 is 0 Å². The van der Waals surface area contributed by atoms with Gasteiger partial charge in [0.1, 0.15) is 6.04 Å². The molecule has 1 amide bonds. The van der Waals surface area contributed by atoms with Gasteiger partial charge in [0, 0.05) is 12.1 Å². The zero-order chi connectivity index (χ0) is 19.6. The number of fused-ring (bicyclic) bond motifs is 1. The largest absolute Gasteiger partial charge is 0.493 e. The molecule has 3 rings (SSSR count). The summed E-state index contributed by atoms with van der Waals surface area (Å²) in [5, 5.41) is 9.50. The van der Waals surface area contributed by atoms with E-state index in [1.165, 1.54) is 27.4 Å². The first-order valence-corrected chi connectivity index (χ1v) is 9.03. The number of carbonyl (C=O) groups is 2. The van der Waals surface area contributed by atoms with E-state index in [0.29, 0.717) is 35.2 Å². The lowest BCUT2D eigenvalue weighted by atomic mass is 10.0. The van der Waals surface area contributed by atoms with Gasteiger partial charge < -0.3 is 24.2 Å². The van der Waals surface area contributed by atoms with E-state index in [1.54, 1.807) is 23.1 Å². The molecule has 3 atom stereocenters. The first kappa shape index (κ1) is 19.1. The average Bonchev–Trinajstić information content (AvgIpc) is 3.26. The first-order valence-electron chi connectivity index (χ1n) is 9.03. The summed E-state index contributed by atoms with van der Waals surface area (Å²) >= 11 is 0. The molecule has 0 spiro atoms. The molecule has 146 valence electrons. The van der Waals surface area contributed by atoms with Crippen LogP contribution in [0.5, 0.6) is 17.2 Å². The number of methoxy groups -OCH3 is 3. The van der Waals surface area contributed by atoms with Crippen molar-refractivity contribution in [1.29, 1.82) is 0 Å². The van der Waals surface area contributed by atoms with Crippen molar-refractivity contribution in [1.82, 2.24) is 4.90 Å². The predicted molar refractivity (Wildman–Crippen MR) is 99.1 cm³/mol. The Morgan fingerprint density at radius 3 is 2.33 bits per heavy atom. The normalized spacial score (nSPS) is 24.1. The van der Waals surface area contributed by atoms with Gasteiger partial charge in [0.2, 0.25) is 11.7 Å². The quantitative estimate of drug-likeness (QED) is 0.769. The number of amides is 1. The average molecular weight is 375 g/mol. The lowest BCUT2D eigenvalue weighted by Gasteiger charge is -2.26. The summed E-state index contributed by atoms with van der Waals surface area (Å²) in [6.07, 6.45) is 6.53. The SMILES string of the molecule is COc1cc(/C=C/C(=O)N2[C@H](C(=O)O)C[C@@H]3CCC[C@@H]32)cc(OC)c1OC. The third kappa shape index (κ3) is 3.59. The monoisotopic (exact) mass is 375 g/mol. The molecule has 0 radical (unpaired) electrons. The molecule has 1 aromatic rings. The fourth-order valence-electron chi connectivity index (χ4n) is 4.28. The highest BCUT2D eigenvalue weighted by Gasteiger charge is 2.48. The predicted octanol–water partition coefficient (Wildman–Crippen LogP) is 2.58. The Hall–Kier alpha value is -2.70. The minimum absolute atomic E-state index is 0.0307. The van der Waals surface area contributed by atoms with Crippen LogP contribution in [0.1, 0.15) is 31.2 Å². The summed E-state index contributed by atoms with van der Waals surface area (Å²) < 4.78 is 15.9. The summed E-state index contributed by atoms with van der Waals surface area (Å²) in [4.78, 5) is 25.9. The molecule has 27 heavy (non-hydrogen) atoms. The number of likely N-dealkylation sites (tertiary alicyclic amines) is 1. The van der Waals surface area contributed by atoms with Crippen molar-refractivity contribution in [3.8, 4) is 17.2 Å².